The first-order chi connectivity index (χ1) is 10.8. The molecule has 5 nitrogen and oxygen atoms in total. The Kier molecular flexibility index (Phi) is 5.62. The van der Waals surface area contributed by atoms with E-state index >= 15 is 0 Å². The summed E-state index contributed by atoms with van der Waals surface area (Å²) in [6, 6.07) is 17.2. The third-order valence-electron chi connectivity index (χ3n) is 2.92. The third-order valence-corrected chi connectivity index (χ3v) is 2.92. The van der Waals surface area contributed by atoms with Gasteiger partial charge in [-0.2, -0.15) is 5.26 Å². The molecule has 0 bridgehead atoms. The van der Waals surface area contributed by atoms with Crippen LogP contribution in [-0.2, 0) is 6.61 Å². The molecule has 0 spiro atoms. The Morgan fingerprint density at radius 3 is 2.77 bits per heavy atom. The maximum Gasteiger partial charge on any atom is 0.138 e. The van der Waals surface area contributed by atoms with E-state index in [1.807, 2.05) is 42.5 Å². The standard InChI is InChI=1S/C17H14N4O/c18-12-16-9-8-14(7-4-10-20-21-19)11-17(16)22-13-15-5-2-1-3-6-15/h1-9,11H,10,13H2. The Morgan fingerprint density at radius 1 is 1.23 bits per heavy atom. The molecule has 2 aromatic carbocycles. The van der Waals surface area contributed by atoms with Gasteiger partial charge in [-0.25, -0.2) is 0 Å². The molecule has 2 rings (SSSR count). The quantitative estimate of drug-likeness (QED) is 0.447. The fourth-order valence-corrected chi connectivity index (χ4v) is 1.86. The van der Waals surface area contributed by atoms with Crippen LogP contribution >= 0.6 is 0 Å². The van der Waals surface area contributed by atoms with Gasteiger partial charge in [0.15, 0.2) is 0 Å². The Bertz CT molecular complexity index is 741. The summed E-state index contributed by atoms with van der Waals surface area (Å²) in [6.45, 7) is 0.693. The van der Waals surface area contributed by atoms with Gasteiger partial charge in [0.2, 0.25) is 0 Å². The fourth-order valence-electron chi connectivity index (χ4n) is 1.86. The van der Waals surface area contributed by atoms with Crippen molar-refractivity contribution in [3.8, 4) is 11.8 Å². The molecule has 0 unspecified atom stereocenters. The van der Waals surface area contributed by atoms with Crippen molar-refractivity contribution in [2.45, 2.75) is 6.61 Å². The third kappa shape index (κ3) is 4.41. The lowest BCUT2D eigenvalue weighted by Gasteiger charge is -2.09. The van der Waals surface area contributed by atoms with Gasteiger partial charge in [-0.05, 0) is 28.8 Å². The van der Waals surface area contributed by atoms with Gasteiger partial charge < -0.3 is 4.74 Å². The van der Waals surface area contributed by atoms with E-state index in [1.54, 1.807) is 18.2 Å². The first-order valence-corrected chi connectivity index (χ1v) is 6.72. The molecule has 0 aromatic heterocycles. The van der Waals surface area contributed by atoms with Gasteiger partial charge in [0.1, 0.15) is 18.4 Å². The average molecular weight is 290 g/mol. The van der Waals surface area contributed by atoms with E-state index in [2.05, 4.69) is 16.1 Å². The van der Waals surface area contributed by atoms with E-state index < -0.39 is 0 Å². The number of nitrogens with zero attached hydrogens (tertiary/aromatic N) is 4. The van der Waals surface area contributed by atoms with Crippen LogP contribution in [0.1, 0.15) is 16.7 Å². The average Bonchev–Trinajstić information content (AvgIpc) is 2.58. The molecular weight excluding hydrogens is 276 g/mol. The van der Waals surface area contributed by atoms with Crippen molar-refractivity contribution in [1.29, 1.82) is 5.26 Å². The van der Waals surface area contributed by atoms with Crippen molar-refractivity contribution in [2.75, 3.05) is 6.54 Å². The van der Waals surface area contributed by atoms with Crippen molar-refractivity contribution in [3.63, 3.8) is 0 Å². The topological polar surface area (TPSA) is 81.8 Å². The molecular formula is C17H14N4O. The highest BCUT2D eigenvalue weighted by atomic mass is 16.5. The van der Waals surface area contributed by atoms with Crippen molar-refractivity contribution >= 4 is 6.08 Å². The summed E-state index contributed by atoms with van der Waals surface area (Å²) in [5, 5.41) is 12.6. The van der Waals surface area contributed by atoms with E-state index in [1.165, 1.54) is 0 Å². The number of azide groups is 1. The smallest absolute Gasteiger partial charge is 0.138 e. The summed E-state index contributed by atoms with van der Waals surface area (Å²) < 4.78 is 5.74. The summed E-state index contributed by atoms with van der Waals surface area (Å²) in [5.41, 5.74) is 10.6. The summed E-state index contributed by atoms with van der Waals surface area (Å²) in [7, 11) is 0. The molecule has 0 radical (unpaired) electrons. The highest BCUT2D eigenvalue weighted by molar-refractivity contribution is 5.56. The van der Waals surface area contributed by atoms with Gasteiger partial charge in [-0.15, -0.1) is 0 Å². The highest BCUT2D eigenvalue weighted by Gasteiger charge is 2.04. The Hall–Kier alpha value is -3.22. The molecule has 0 aliphatic rings. The molecule has 0 N–H and O–H groups in total. The lowest BCUT2D eigenvalue weighted by molar-refractivity contribution is 0.305. The van der Waals surface area contributed by atoms with Crippen LogP contribution in [0.15, 0.2) is 59.7 Å². The molecule has 0 aliphatic heterocycles. The van der Waals surface area contributed by atoms with Crippen LogP contribution < -0.4 is 4.74 Å². The van der Waals surface area contributed by atoms with Crippen molar-refractivity contribution in [3.05, 3.63) is 81.7 Å². The zero-order valence-electron chi connectivity index (χ0n) is 11.9. The minimum absolute atomic E-state index is 0.288. The van der Waals surface area contributed by atoms with Crippen LogP contribution in [0.3, 0.4) is 0 Å². The molecule has 0 heterocycles. The van der Waals surface area contributed by atoms with Gasteiger partial charge >= 0.3 is 0 Å². The Labute approximate surface area is 128 Å². The largest absolute Gasteiger partial charge is 0.488 e. The second-order valence-electron chi connectivity index (χ2n) is 4.46. The number of ether oxygens (including phenoxy) is 1. The number of hydrogen-bond donors (Lipinski definition) is 0. The van der Waals surface area contributed by atoms with E-state index in [4.69, 9.17) is 15.5 Å². The predicted octanol–water partition coefficient (Wildman–Crippen LogP) is 4.46. The van der Waals surface area contributed by atoms with Gasteiger partial charge in [0.25, 0.3) is 0 Å². The fraction of sp³-hybridized carbons (Fsp3) is 0.118. The van der Waals surface area contributed by atoms with Crippen LogP contribution in [0.4, 0.5) is 0 Å². The summed E-state index contributed by atoms with van der Waals surface area (Å²) in [5.74, 6) is 0.539. The van der Waals surface area contributed by atoms with Crippen molar-refractivity contribution < 1.29 is 4.74 Å². The number of nitriles is 1. The minimum atomic E-state index is 0.288. The van der Waals surface area contributed by atoms with E-state index in [0.29, 0.717) is 17.9 Å². The van der Waals surface area contributed by atoms with Crippen molar-refractivity contribution in [2.24, 2.45) is 5.11 Å². The van der Waals surface area contributed by atoms with Crippen LogP contribution in [0.2, 0.25) is 0 Å². The van der Waals surface area contributed by atoms with Gasteiger partial charge in [0, 0.05) is 11.5 Å². The molecule has 22 heavy (non-hydrogen) atoms. The number of benzene rings is 2. The zero-order chi connectivity index (χ0) is 15.6. The van der Waals surface area contributed by atoms with E-state index in [-0.39, 0.29) is 6.54 Å². The molecule has 0 aliphatic carbocycles. The molecule has 5 heteroatoms. The monoisotopic (exact) mass is 290 g/mol. The van der Waals surface area contributed by atoms with E-state index in [9.17, 15) is 0 Å². The molecule has 108 valence electrons. The SMILES string of the molecule is N#Cc1ccc(C=CCN=[N+]=[N-])cc1OCc1ccccc1. The van der Waals surface area contributed by atoms with E-state index in [0.717, 1.165) is 11.1 Å². The van der Waals surface area contributed by atoms with Crippen LogP contribution in [-0.4, -0.2) is 6.54 Å². The highest BCUT2D eigenvalue weighted by Crippen LogP contribution is 2.22. The van der Waals surface area contributed by atoms with Gasteiger partial charge in [0.05, 0.1) is 5.56 Å². The zero-order valence-corrected chi connectivity index (χ0v) is 11.9. The van der Waals surface area contributed by atoms with Gasteiger partial charge in [-0.3, -0.25) is 0 Å². The van der Waals surface area contributed by atoms with Gasteiger partial charge in [-0.1, -0.05) is 53.7 Å². The predicted molar refractivity (Wildman–Crippen MR) is 85.0 cm³/mol. The van der Waals surface area contributed by atoms with Crippen molar-refractivity contribution in [1.82, 2.24) is 0 Å². The molecule has 0 saturated carbocycles. The maximum atomic E-state index is 9.15. The molecule has 0 amide bonds. The summed E-state index contributed by atoms with van der Waals surface area (Å²) >= 11 is 0. The number of hydrogen-bond acceptors (Lipinski definition) is 3. The molecule has 2 aromatic rings. The van der Waals surface area contributed by atoms with Crippen LogP contribution in [0.25, 0.3) is 16.5 Å². The normalized spacial score (nSPS) is 9.95. The first kappa shape index (κ1) is 15.2. The second-order valence-corrected chi connectivity index (χ2v) is 4.46. The van der Waals surface area contributed by atoms with Crippen LogP contribution in [0, 0.1) is 11.3 Å². The molecule has 0 saturated heterocycles. The minimum Gasteiger partial charge on any atom is -0.488 e. The van der Waals surface area contributed by atoms with Crippen LogP contribution in [0.5, 0.6) is 5.75 Å². The second kappa shape index (κ2) is 8.15. The number of rotatable bonds is 6. The summed E-state index contributed by atoms with van der Waals surface area (Å²) in [6.07, 6.45) is 3.58. The lowest BCUT2D eigenvalue weighted by Crippen LogP contribution is -1.97. The Balaban J connectivity index is 2.12. The Morgan fingerprint density at radius 2 is 2.05 bits per heavy atom. The first-order valence-electron chi connectivity index (χ1n) is 6.72. The molecule has 0 atom stereocenters. The maximum absolute atomic E-state index is 9.15. The molecule has 0 fully saturated rings. The summed E-state index contributed by atoms with van der Waals surface area (Å²) in [4.78, 5) is 2.68. The lowest BCUT2D eigenvalue weighted by atomic mass is 10.1.